The van der Waals surface area contributed by atoms with Crippen LogP contribution in [0.15, 0.2) is 24.3 Å². The van der Waals surface area contributed by atoms with Gasteiger partial charge < -0.3 is 20.5 Å². The van der Waals surface area contributed by atoms with Crippen molar-refractivity contribution in [3.05, 3.63) is 29.8 Å². The number of hydrogen-bond donors (Lipinski definition) is 2. The van der Waals surface area contributed by atoms with E-state index >= 15 is 0 Å². The monoisotopic (exact) mass is 405 g/mol. The highest BCUT2D eigenvalue weighted by Crippen LogP contribution is 2.24. The van der Waals surface area contributed by atoms with Gasteiger partial charge in [0.25, 0.3) is 5.91 Å². The van der Waals surface area contributed by atoms with Crippen molar-refractivity contribution < 1.29 is 14.3 Å². The third kappa shape index (κ3) is 5.81. The number of rotatable bonds is 5. The predicted octanol–water partition coefficient (Wildman–Crippen LogP) is 2.37. The molecule has 2 aliphatic rings. The summed E-state index contributed by atoms with van der Waals surface area (Å²) in [4.78, 5) is 14.7. The number of nitrogens with two attached hydrogens (primary N) is 1. The molecule has 148 valence electrons. The van der Waals surface area contributed by atoms with Gasteiger partial charge in [-0.15, -0.1) is 24.8 Å². The molecule has 0 saturated carbocycles. The molecule has 3 N–H and O–H groups in total. The molecule has 26 heavy (non-hydrogen) atoms. The topological polar surface area (TPSA) is 76.8 Å². The Hall–Kier alpha value is -0.890. The highest BCUT2D eigenvalue weighted by atomic mass is 35.5. The highest BCUT2D eigenvalue weighted by Gasteiger charge is 2.29. The van der Waals surface area contributed by atoms with Gasteiger partial charge in [0.1, 0.15) is 6.10 Å². The zero-order valence-corrected chi connectivity index (χ0v) is 16.7. The fourth-order valence-corrected chi connectivity index (χ4v) is 3.32. The molecule has 2 heterocycles. The van der Waals surface area contributed by atoms with Crippen LogP contribution in [-0.2, 0) is 14.3 Å². The number of anilines is 1. The second-order valence-corrected chi connectivity index (χ2v) is 6.50. The van der Waals surface area contributed by atoms with Gasteiger partial charge in [0.2, 0.25) is 0 Å². The van der Waals surface area contributed by atoms with Gasteiger partial charge >= 0.3 is 0 Å². The van der Waals surface area contributed by atoms with E-state index in [0.717, 1.165) is 44.8 Å². The number of nitrogens with one attached hydrogen (secondary N) is 1. The molecule has 0 spiro atoms. The lowest BCUT2D eigenvalue weighted by Crippen LogP contribution is -2.38. The first-order valence-electron chi connectivity index (χ1n) is 8.75. The molecule has 2 saturated heterocycles. The van der Waals surface area contributed by atoms with Crippen molar-refractivity contribution in [2.75, 3.05) is 38.2 Å². The SMILES string of the molecule is CC(c1ccc(NC(=O)[C@@H]2CC[C@H](CN)O2)cc1)N1CCOCC1.Cl.Cl. The predicted molar refractivity (Wildman–Crippen MR) is 107 cm³/mol. The van der Waals surface area contributed by atoms with Crippen LogP contribution in [0.5, 0.6) is 0 Å². The Bertz CT molecular complexity index is 553. The maximum Gasteiger partial charge on any atom is 0.253 e. The number of nitrogens with zero attached hydrogens (tertiary/aromatic N) is 1. The number of hydrogen-bond acceptors (Lipinski definition) is 5. The largest absolute Gasteiger partial charge is 0.379 e. The molecule has 3 atom stereocenters. The first kappa shape index (κ1) is 23.1. The average molecular weight is 406 g/mol. The third-order valence-electron chi connectivity index (χ3n) is 4.92. The van der Waals surface area contributed by atoms with E-state index in [1.165, 1.54) is 5.56 Å². The highest BCUT2D eigenvalue weighted by molar-refractivity contribution is 5.94. The maximum atomic E-state index is 12.2. The summed E-state index contributed by atoms with van der Waals surface area (Å²) in [6, 6.07) is 8.42. The Morgan fingerprint density at radius 3 is 2.46 bits per heavy atom. The van der Waals surface area contributed by atoms with E-state index < -0.39 is 0 Å². The molecule has 1 amide bonds. The summed E-state index contributed by atoms with van der Waals surface area (Å²) in [5.41, 5.74) is 7.64. The molecule has 2 aliphatic heterocycles. The second kappa shape index (κ2) is 11.1. The molecule has 0 aromatic heterocycles. The van der Waals surface area contributed by atoms with Crippen molar-refractivity contribution in [2.24, 2.45) is 5.73 Å². The van der Waals surface area contributed by atoms with E-state index in [4.69, 9.17) is 15.2 Å². The minimum absolute atomic E-state index is 0. The van der Waals surface area contributed by atoms with Crippen LogP contribution >= 0.6 is 24.8 Å². The lowest BCUT2D eigenvalue weighted by atomic mass is 10.1. The number of amides is 1. The second-order valence-electron chi connectivity index (χ2n) is 6.50. The molecular weight excluding hydrogens is 377 g/mol. The van der Waals surface area contributed by atoms with Gasteiger partial charge in [-0.25, -0.2) is 0 Å². The van der Waals surface area contributed by atoms with Gasteiger partial charge in [-0.3, -0.25) is 9.69 Å². The minimum atomic E-state index is -0.384. The summed E-state index contributed by atoms with van der Waals surface area (Å²) >= 11 is 0. The van der Waals surface area contributed by atoms with Crippen LogP contribution in [-0.4, -0.2) is 55.9 Å². The molecule has 2 fully saturated rings. The quantitative estimate of drug-likeness (QED) is 0.785. The Morgan fingerprint density at radius 2 is 1.88 bits per heavy atom. The van der Waals surface area contributed by atoms with Crippen molar-refractivity contribution in [1.82, 2.24) is 4.90 Å². The van der Waals surface area contributed by atoms with E-state index in [-0.39, 0.29) is 42.9 Å². The first-order valence-corrected chi connectivity index (χ1v) is 8.75. The van der Waals surface area contributed by atoms with Crippen LogP contribution in [0, 0.1) is 0 Å². The molecular formula is C18H29Cl2N3O3. The van der Waals surface area contributed by atoms with Gasteiger partial charge in [-0.05, 0) is 37.5 Å². The normalized spacial score (nSPS) is 24.2. The number of ether oxygens (including phenoxy) is 2. The Labute approximate surface area is 167 Å². The Kier molecular flexibility index (Phi) is 9.85. The number of carbonyl (C=O) groups excluding carboxylic acids is 1. The van der Waals surface area contributed by atoms with Crippen LogP contribution in [0.25, 0.3) is 0 Å². The zero-order valence-electron chi connectivity index (χ0n) is 15.1. The van der Waals surface area contributed by atoms with E-state index in [0.29, 0.717) is 12.6 Å². The Morgan fingerprint density at radius 1 is 1.23 bits per heavy atom. The van der Waals surface area contributed by atoms with Crippen molar-refractivity contribution in [3.63, 3.8) is 0 Å². The first-order chi connectivity index (χ1) is 11.7. The lowest BCUT2D eigenvalue weighted by molar-refractivity contribution is -0.126. The number of morpholine rings is 1. The van der Waals surface area contributed by atoms with Gasteiger partial charge in [0.05, 0.1) is 19.3 Å². The van der Waals surface area contributed by atoms with Crippen LogP contribution in [0.1, 0.15) is 31.4 Å². The van der Waals surface area contributed by atoms with E-state index in [9.17, 15) is 4.79 Å². The fraction of sp³-hybridized carbons (Fsp3) is 0.611. The number of carbonyl (C=O) groups is 1. The van der Waals surface area contributed by atoms with Crippen LogP contribution in [0.3, 0.4) is 0 Å². The summed E-state index contributed by atoms with van der Waals surface area (Å²) < 4.78 is 11.0. The standard InChI is InChI=1S/C18H27N3O3.2ClH/c1-13(21-8-10-23-11-9-21)14-2-4-15(5-3-14)20-18(22)17-7-6-16(12-19)24-17;;/h2-5,13,16-17H,6-12,19H2,1H3,(H,20,22);2*1H/t13?,16-,17+;;/m1../s1. The minimum Gasteiger partial charge on any atom is -0.379 e. The molecule has 1 aromatic carbocycles. The van der Waals surface area contributed by atoms with Gasteiger partial charge in [0.15, 0.2) is 0 Å². The number of halogens is 2. The summed E-state index contributed by atoms with van der Waals surface area (Å²) in [5, 5.41) is 2.94. The maximum absolute atomic E-state index is 12.2. The van der Waals surface area contributed by atoms with E-state index in [1.807, 2.05) is 12.1 Å². The Balaban J connectivity index is 0.00000169. The number of benzene rings is 1. The van der Waals surface area contributed by atoms with Crippen LogP contribution in [0.4, 0.5) is 5.69 Å². The summed E-state index contributed by atoms with van der Waals surface area (Å²) in [6.07, 6.45) is 1.22. The van der Waals surface area contributed by atoms with Crippen molar-refractivity contribution in [3.8, 4) is 0 Å². The molecule has 1 unspecified atom stereocenters. The van der Waals surface area contributed by atoms with Crippen molar-refractivity contribution >= 4 is 36.4 Å². The van der Waals surface area contributed by atoms with E-state index in [1.54, 1.807) is 0 Å². The van der Waals surface area contributed by atoms with Gasteiger partial charge in [0, 0.05) is 31.4 Å². The summed E-state index contributed by atoms with van der Waals surface area (Å²) in [7, 11) is 0. The molecule has 1 aromatic rings. The molecule has 8 heteroatoms. The molecule has 0 bridgehead atoms. The molecule has 0 radical (unpaired) electrons. The molecule has 0 aliphatic carbocycles. The van der Waals surface area contributed by atoms with Crippen molar-refractivity contribution in [1.29, 1.82) is 0 Å². The summed E-state index contributed by atoms with van der Waals surface area (Å²) in [5.74, 6) is -0.0834. The van der Waals surface area contributed by atoms with Crippen LogP contribution < -0.4 is 11.1 Å². The van der Waals surface area contributed by atoms with Crippen LogP contribution in [0.2, 0.25) is 0 Å². The third-order valence-corrected chi connectivity index (χ3v) is 4.92. The molecule has 6 nitrogen and oxygen atoms in total. The van der Waals surface area contributed by atoms with Gasteiger partial charge in [-0.1, -0.05) is 12.1 Å². The van der Waals surface area contributed by atoms with Crippen molar-refractivity contribution in [2.45, 2.75) is 38.0 Å². The average Bonchev–Trinajstić information content (AvgIpc) is 3.12. The lowest BCUT2D eigenvalue weighted by Gasteiger charge is -2.32. The zero-order chi connectivity index (χ0) is 16.9. The smallest absolute Gasteiger partial charge is 0.253 e. The van der Waals surface area contributed by atoms with E-state index in [2.05, 4.69) is 29.3 Å². The summed E-state index contributed by atoms with van der Waals surface area (Å²) in [6.45, 7) is 6.19. The molecule has 3 rings (SSSR count). The van der Waals surface area contributed by atoms with Gasteiger partial charge in [-0.2, -0.15) is 0 Å². The fourth-order valence-electron chi connectivity index (χ4n) is 3.32.